The van der Waals surface area contributed by atoms with Gasteiger partial charge in [0.25, 0.3) is 5.95 Å². The summed E-state index contributed by atoms with van der Waals surface area (Å²) in [5.74, 6) is 1.56. The molecule has 1 N–H and O–H groups in total. The van der Waals surface area contributed by atoms with Crippen LogP contribution in [0.4, 0.5) is 5.95 Å². The molecule has 0 atom stereocenters. The monoisotopic (exact) mass is 566 g/mol. The molecule has 0 saturated carbocycles. The Balaban J connectivity index is 1.22. The third-order valence-corrected chi connectivity index (χ3v) is 5.77. The number of nitrogens with one attached hydrogen (secondary N) is 1. The normalized spacial score (nSPS) is 11.3. The van der Waals surface area contributed by atoms with Crippen molar-refractivity contribution in [1.82, 2.24) is 14.9 Å². The van der Waals surface area contributed by atoms with Crippen LogP contribution < -0.4 is 5.43 Å². The van der Waals surface area contributed by atoms with Crippen molar-refractivity contribution in [1.29, 1.82) is 0 Å². The van der Waals surface area contributed by atoms with E-state index in [0.717, 1.165) is 11.1 Å². The minimum Gasteiger partial charge on any atom is -0.462 e. The highest BCUT2D eigenvalue weighted by molar-refractivity contribution is 5.91. The van der Waals surface area contributed by atoms with Gasteiger partial charge in [0.1, 0.15) is 29.4 Å². The summed E-state index contributed by atoms with van der Waals surface area (Å²) < 4.78 is 23.2. The number of aromatic nitrogens is 3. The largest absolute Gasteiger partial charge is 0.462 e. The van der Waals surface area contributed by atoms with Crippen LogP contribution in [0, 0.1) is 0 Å². The van der Waals surface area contributed by atoms with E-state index in [0.29, 0.717) is 47.4 Å². The van der Waals surface area contributed by atoms with Crippen molar-refractivity contribution >= 4 is 30.3 Å². The number of nitrogens with zero attached hydrogens (tertiary/aromatic N) is 5. The zero-order valence-corrected chi connectivity index (χ0v) is 22.8. The fourth-order valence-corrected chi connectivity index (χ4v) is 3.84. The average Bonchev–Trinajstić information content (AvgIpc) is 3.78. The van der Waals surface area contributed by atoms with E-state index in [9.17, 15) is 9.59 Å². The van der Waals surface area contributed by atoms with E-state index in [4.69, 9.17) is 18.3 Å². The molecular formula is C30H26N6O6. The molecule has 2 aromatic carbocycles. The number of ether oxygens (including phenoxy) is 2. The second-order valence-corrected chi connectivity index (χ2v) is 8.62. The third-order valence-electron chi connectivity index (χ3n) is 5.77. The highest BCUT2D eigenvalue weighted by Crippen LogP contribution is 2.24. The van der Waals surface area contributed by atoms with Crippen LogP contribution in [0.2, 0.25) is 0 Å². The molecule has 3 aromatic heterocycles. The molecule has 42 heavy (non-hydrogen) atoms. The number of carbonyl (C=O) groups excluding carboxylic acids is 2. The molecule has 0 aliphatic heterocycles. The van der Waals surface area contributed by atoms with E-state index in [1.807, 2.05) is 12.1 Å². The molecule has 0 aliphatic carbocycles. The van der Waals surface area contributed by atoms with Crippen LogP contribution in [-0.2, 0) is 9.47 Å². The first-order valence-electron chi connectivity index (χ1n) is 13.0. The third kappa shape index (κ3) is 6.67. The molecule has 0 unspecified atom stereocenters. The molecule has 0 amide bonds. The maximum absolute atomic E-state index is 12.0. The number of rotatable bonds is 11. The lowest BCUT2D eigenvalue weighted by Crippen LogP contribution is -2.04. The number of furan rings is 2. The van der Waals surface area contributed by atoms with Crippen molar-refractivity contribution in [2.24, 2.45) is 10.2 Å². The van der Waals surface area contributed by atoms with Gasteiger partial charge in [0.05, 0.1) is 36.8 Å². The zero-order chi connectivity index (χ0) is 29.3. The molecule has 5 aromatic rings. The molecular weight excluding hydrogens is 540 g/mol. The molecule has 212 valence electrons. The van der Waals surface area contributed by atoms with Crippen molar-refractivity contribution in [2.45, 2.75) is 13.8 Å². The first kappa shape index (κ1) is 27.8. The van der Waals surface area contributed by atoms with Crippen molar-refractivity contribution in [3.05, 3.63) is 102 Å². The Morgan fingerprint density at radius 2 is 1.40 bits per heavy atom. The first-order chi connectivity index (χ1) is 20.5. The van der Waals surface area contributed by atoms with E-state index in [1.165, 1.54) is 23.4 Å². The van der Waals surface area contributed by atoms with Gasteiger partial charge in [-0.2, -0.15) is 14.9 Å². The van der Waals surface area contributed by atoms with Gasteiger partial charge >= 0.3 is 11.9 Å². The zero-order valence-electron chi connectivity index (χ0n) is 22.8. The second kappa shape index (κ2) is 13.0. The molecule has 5 rings (SSSR count). The van der Waals surface area contributed by atoms with Crippen LogP contribution in [-0.4, -0.2) is 52.5 Å². The van der Waals surface area contributed by atoms with Crippen LogP contribution in [0.3, 0.4) is 0 Å². The van der Waals surface area contributed by atoms with Crippen molar-refractivity contribution in [2.75, 3.05) is 18.6 Å². The summed E-state index contributed by atoms with van der Waals surface area (Å²) in [4.78, 5) is 24.1. The number of hydrogen-bond donors (Lipinski definition) is 1. The van der Waals surface area contributed by atoms with Crippen LogP contribution >= 0.6 is 0 Å². The highest BCUT2D eigenvalue weighted by Gasteiger charge is 2.11. The van der Waals surface area contributed by atoms with Gasteiger partial charge < -0.3 is 18.3 Å². The topological polar surface area (TPSA) is 146 Å². The lowest BCUT2D eigenvalue weighted by molar-refractivity contribution is 0.0517. The predicted octanol–water partition coefficient (Wildman–Crippen LogP) is 5.48. The Morgan fingerprint density at radius 3 is 1.98 bits per heavy atom. The number of esters is 2. The van der Waals surface area contributed by atoms with Crippen LogP contribution in [0.15, 0.2) is 98.2 Å². The summed E-state index contributed by atoms with van der Waals surface area (Å²) in [6.45, 7) is 4.12. The quantitative estimate of drug-likeness (QED) is 0.125. The van der Waals surface area contributed by atoms with Crippen molar-refractivity contribution < 1.29 is 27.9 Å². The van der Waals surface area contributed by atoms with Crippen LogP contribution in [0.1, 0.15) is 46.1 Å². The van der Waals surface area contributed by atoms with Gasteiger partial charge in [0.2, 0.25) is 0 Å². The van der Waals surface area contributed by atoms with E-state index >= 15 is 0 Å². The smallest absolute Gasteiger partial charge is 0.338 e. The second-order valence-electron chi connectivity index (χ2n) is 8.62. The number of hydrazone groups is 1. The fraction of sp³-hybridized carbons (Fsp3) is 0.133. The molecule has 0 saturated heterocycles. The lowest BCUT2D eigenvalue weighted by atomic mass is 10.1. The standard InChI is InChI=1S/C30H26N6O6/c1-3-39-28(37)22-9-5-7-20(15-22)26-13-11-24(41-26)17-31-34-30-35-32-19-36(30)33-18-25-12-14-27(42-25)21-8-6-10-23(16-21)29(38)40-4-2/h5-19H,3-4H2,1-2H3,(H,34,35)/b31-17+,33-18-. The average molecular weight is 567 g/mol. The molecule has 3 heterocycles. The first-order valence-corrected chi connectivity index (χ1v) is 13.0. The Hall–Kier alpha value is -5.78. The number of benzene rings is 2. The fourth-order valence-electron chi connectivity index (χ4n) is 3.84. The Kier molecular flexibility index (Phi) is 8.63. The van der Waals surface area contributed by atoms with Crippen molar-refractivity contribution in [3.63, 3.8) is 0 Å². The minimum atomic E-state index is -0.392. The van der Waals surface area contributed by atoms with E-state index in [1.54, 1.807) is 74.5 Å². The lowest BCUT2D eigenvalue weighted by Gasteiger charge is -2.03. The molecule has 12 nitrogen and oxygen atoms in total. The molecule has 12 heteroatoms. The summed E-state index contributed by atoms with van der Waals surface area (Å²) in [6, 6.07) is 21.1. The maximum atomic E-state index is 12.0. The van der Waals surface area contributed by atoms with Crippen molar-refractivity contribution in [3.8, 4) is 22.6 Å². The van der Waals surface area contributed by atoms with Gasteiger partial charge in [-0.05, 0) is 62.4 Å². The SMILES string of the molecule is CCOC(=O)c1cccc(-c2ccc(/C=N\n3cnnc3N/N=C/c3ccc(-c4cccc(C(=O)OCC)c4)o3)o2)c1. The van der Waals surface area contributed by atoms with Gasteiger partial charge in [0.15, 0.2) is 0 Å². The van der Waals surface area contributed by atoms with Crippen LogP contribution in [0.5, 0.6) is 0 Å². The van der Waals surface area contributed by atoms with E-state index in [2.05, 4.69) is 25.8 Å². The van der Waals surface area contributed by atoms with E-state index in [-0.39, 0.29) is 5.95 Å². The van der Waals surface area contributed by atoms with Gasteiger partial charge in [0, 0.05) is 11.1 Å². The molecule has 0 bridgehead atoms. The van der Waals surface area contributed by atoms with Gasteiger partial charge in [-0.3, -0.25) is 0 Å². The summed E-state index contributed by atoms with van der Waals surface area (Å²) in [5, 5.41) is 16.3. The predicted molar refractivity (Wildman–Crippen MR) is 154 cm³/mol. The molecule has 0 spiro atoms. The summed E-state index contributed by atoms with van der Waals surface area (Å²) in [7, 11) is 0. The number of anilines is 1. The molecule has 0 fully saturated rings. The Bertz CT molecular complexity index is 1750. The Morgan fingerprint density at radius 1 is 0.833 bits per heavy atom. The van der Waals surface area contributed by atoms with E-state index < -0.39 is 11.9 Å². The molecule has 0 aliphatic rings. The van der Waals surface area contributed by atoms with Gasteiger partial charge in [-0.1, -0.05) is 24.3 Å². The number of carbonyl (C=O) groups is 2. The van der Waals surface area contributed by atoms with Gasteiger partial charge in [-0.15, -0.1) is 10.2 Å². The van der Waals surface area contributed by atoms with Gasteiger partial charge in [-0.25, -0.2) is 15.0 Å². The summed E-state index contributed by atoms with van der Waals surface area (Å²) >= 11 is 0. The highest BCUT2D eigenvalue weighted by atomic mass is 16.5. The Labute approximate surface area is 240 Å². The summed E-state index contributed by atoms with van der Waals surface area (Å²) in [5.41, 5.74) is 5.12. The minimum absolute atomic E-state index is 0.255. The number of hydrogen-bond acceptors (Lipinski definition) is 11. The molecule has 0 radical (unpaired) electrons. The van der Waals surface area contributed by atoms with Crippen LogP contribution in [0.25, 0.3) is 22.6 Å². The summed E-state index contributed by atoms with van der Waals surface area (Å²) in [6.07, 6.45) is 4.38. The maximum Gasteiger partial charge on any atom is 0.338 e.